The first-order valence-corrected chi connectivity index (χ1v) is 3.48. The van der Waals surface area contributed by atoms with Gasteiger partial charge in [0.05, 0.1) is 12.5 Å². The largest absolute Gasteiger partial charge is 0.228 e. The molecule has 0 aliphatic carbocycles. The monoisotopic (exact) mass is 162 g/mol. The van der Waals surface area contributed by atoms with Crippen molar-refractivity contribution < 1.29 is 4.39 Å². The highest BCUT2D eigenvalue weighted by molar-refractivity contribution is 5.48. The summed E-state index contributed by atoms with van der Waals surface area (Å²) in [7, 11) is 0. The van der Waals surface area contributed by atoms with E-state index in [1.165, 1.54) is 6.20 Å². The minimum atomic E-state index is -0.508. The van der Waals surface area contributed by atoms with Gasteiger partial charge in [-0.1, -0.05) is 12.2 Å². The molecule has 0 radical (unpaired) electrons. The van der Waals surface area contributed by atoms with Gasteiger partial charge in [-0.2, -0.15) is 9.65 Å². The first-order valence-electron chi connectivity index (χ1n) is 3.48. The molecule has 1 aromatic rings. The predicted octanol–water partition coefficient (Wildman–Crippen LogP) is 2.15. The lowest BCUT2D eigenvalue weighted by Gasteiger charge is -1.91. The Morgan fingerprint density at radius 1 is 1.67 bits per heavy atom. The average molecular weight is 162 g/mol. The number of halogens is 1. The lowest BCUT2D eigenvalue weighted by Crippen LogP contribution is -1.84. The van der Waals surface area contributed by atoms with Crippen molar-refractivity contribution in [2.24, 2.45) is 0 Å². The predicted molar refractivity (Wildman–Crippen MR) is 43.5 cm³/mol. The molecule has 60 valence electrons. The average Bonchev–Trinajstić information content (AvgIpc) is 2.09. The Labute approximate surface area is 70.0 Å². The van der Waals surface area contributed by atoms with Crippen LogP contribution in [0.1, 0.15) is 12.0 Å². The molecular weight excluding hydrogens is 155 g/mol. The van der Waals surface area contributed by atoms with Gasteiger partial charge in [0.15, 0.2) is 0 Å². The molecule has 0 amide bonds. The van der Waals surface area contributed by atoms with Crippen LogP contribution >= 0.6 is 0 Å². The summed E-state index contributed by atoms with van der Waals surface area (Å²) in [4.78, 5) is 3.46. The van der Waals surface area contributed by atoms with Crippen molar-refractivity contribution in [3.63, 3.8) is 0 Å². The first-order chi connectivity index (χ1) is 5.84. The zero-order valence-corrected chi connectivity index (χ0v) is 6.37. The number of hydrogen-bond donors (Lipinski definition) is 0. The van der Waals surface area contributed by atoms with Crippen LogP contribution in [0.4, 0.5) is 4.39 Å². The molecule has 0 aliphatic rings. The summed E-state index contributed by atoms with van der Waals surface area (Å²) in [5, 5.41) is 8.20. The lowest BCUT2D eigenvalue weighted by atomic mass is 10.2. The second-order valence-corrected chi connectivity index (χ2v) is 2.15. The van der Waals surface area contributed by atoms with Crippen molar-refractivity contribution in [2.45, 2.75) is 6.42 Å². The fourth-order valence-corrected chi connectivity index (χ4v) is 0.761. The van der Waals surface area contributed by atoms with E-state index in [2.05, 4.69) is 4.98 Å². The van der Waals surface area contributed by atoms with Crippen molar-refractivity contribution in [1.29, 1.82) is 5.26 Å². The van der Waals surface area contributed by atoms with Crippen LogP contribution in [0.25, 0.3) is 6.08 Å². The summed E-state index contributed by atoms with van der Waals surface area (Å²) in [6.07, 6.45) is 4.82. The second kappa shape index (κ2) is 4.24. The van der Waals surface area contributed by atoms with E-state index in [1.54, 1.807) is 24.3 Å². The molecule has 0 aliphatic heterocycles. The second-order valence-electron chi connectivity index (χ2n) is 2.15. The van der Waals surface area contributed by atoms with Gasteiger partial charge >= 0.3 is 0 Å². The Kier molecular flexibility index (Phi) is 2.97. The van der Waals surface area contributed by atoms with Crippen LogP contribution in [0.2, 0.25) is 0 Å². The SMILES string of the molecule is N#CCC=Cc1cccnc1F. The van der Waals surface area contributed by atoms with Crippen LogP contribution in [0.5, 0.6) is 0 Å². The van der Waals surface area contributed by atoms with Gasteiger partial charge in [0.1, 0.15) is 0 Å². The molecule has 1 rings (SSSR count). The molecule has 0 saturated heterocycles. The third kappa shape index (κ3) is 2.17. The van der Waals surface area contributed by atoms with Gasteiger partial charge in [-0.15, -0.1) is 0 Å². The van der Waals surface area contributed by atoms with E-state index >= 15 is 0 Å². The molecule has 1 aromatic heterocycles. The minimum absolute atomic E-state index is 0.286. The highest BCUT2D eigenvalue weighted by Crippen LogP contribution is 2.05. The summed E-state index contributed by atoms with van der Waals surface area (Å²) < 4.78 is 12.8. The minimum Gasteiger partial charge on any atom is -0.228 e. The van der Waals surface area contributed by atoms with Crippen molar-refractivity contribution >= 4 is 6.08 Å². The van der Waals surface area contributed by atoms with E-state index in [9.17, 15) is 4.39 Å². The number of nitrogens with zero attached hydrogens (tertiary/aromatic N) is 2. The van der Waals surface area contributed by atoms with Crippen LogP contribution < -0.4 is 0 Å². The topological polar surface area (TPSA) is 36.7 Å². The van der Waals surface area contributed by atoms with Crippen molar-refractivity contribution in [1.82, 2.24) is 4.98 Å². The van der Waals surface area contributed by atoms with Crippen LogP contribution in [-0.4, -0.2) is 4.98 Å². The lowest BCUT2D eigenvalue weighted by molar-refractivity contribution is 0.581. The summed E-state index contributed by atoms with van der Waals surface area (Å²) in [5.74, 6) is -0.508. The third-order valence-electron chi connectivity index (χ3n) is 1.29. The number of hydrogen-bond acceptors (Lipinski definition) is 2. The van der Waals surface area contributed by atoms with Gasteiger partial charge < -0.3 is 0 Å². The Morgan fingerprint density at radius 3 is 3.17 bits per heavy atom. The molecule has 3 heteroatoms. The van der Waals surface area contributed by atoms with E-state index in [0.29, 0.717) is 5.56 Å². The Bertz CT molecular complexity index is 326. The molecule has 12 heavy (non-hydrogen) atoms. The van der Waals surface area contributed by atoms with Crippen molar-refractivity contribution in [3.05, 3.63) is 35.9 Å². The quantitative estimate of drug-likeness (QED) is 0.624. The maximum absolute atomic E-state index is 12.8. The molecule has 0 saturated carbocycles. The van der Waals surface area contributed by atoms with Crippen LogP contribution in [0, 0.1) is 17.3 Å². The van der Waals surface area contributed by atoms with Gasteiger partial charge in [-0.3, -0.25) is 0 Å². The molecule has 0 N–H and O–H groups in total. The zero-order valence-electron chi connectivity index (χ0n) is 6.37. The normalized spacial score (nSPS) is 10.0. The molecular formula is C9H7FN2. The van der Waals surface area contributed by atoms with Crippen LogP contribution in [-0.2, 0) is 0 Å². The van der Waals surface area contributed by atoms with Gasteiger partial charge in [0.25, 0.3) is 0 Å². The third-order valence-corrected chi connectivity index (χ3v) is 1.29. The highest BCUT2D eigenvalue weighted by atomic mass is 19.1. The van der Waals surface area contributed by atoms with Crippen molar-refractivity contribution in [2.75, 3.05) is 0 Å². The summed E-state index contributed by atoms with van der Waals surface area (Å²) in [6, 6.07) is 5.18. The number of aromatic nitrogens is 1. The maximum Gasteiger partial charge on any atom is 0.220 e. The number of allylic oxidation sites excluding steroid dienone is 1. The van der Waals surface area contributed by atoms with Gasteiger partial charge in [-0.25, -0.2) is 4.98 Å². The van der Waals surface area contributed by atoms with Crippen LogP contribution in [0.15, 0.2) is 24.4 Å². The van der Waals surface area contributed by atoms with Gasteiger partial charge in [0.2, 0.25) is 5.95 Å². The summed E-state index contributed by atoms with van der Waals surface area (Å²) in [5.41, 5.74) is 0.410. The summed E-state index contributed by atoms with van der Waals surface area (Å²) in [6.45, 7) is 0. The fraction of sp³-hybridized carbons (Fsp3) is 0.111. The standard InChI is InChI=1S/C9H7FN2/c10-9-8(4-1-2-6-11)5-3-7-12-9/h1,3-5,7H,2H2. The summed E-state index contributed by atoms with van der Waals surface area (Å²) >= 11 is 0. The van der Waals surface area contributed by atoms with Crippen LogP contribution in [0.3, 0.4) is 0 Å². The molecule has 0 fully saturated rings. The fourth-order valence-electron chi connectivity index (χ4n) is 0.761. The van der Waals surface area contributed by atoms with Crippen molar-refractivity contribution in [3.8, 4) is 6.07 Å². The van der Waals surface area contributed by atoms with E-state index in [0.717, 1.165) is 0 Å². The Hall–Kier alpha value is -1.69. The zero-order chi connectivity index (χ0) is 8.81. The molecule has 1 heterocycles. The Balaban J connectivity index is 2.77. The van der Waals surface area contributed by atoms with E-state index in [4.69, 9.17) is 5.26 Å². The smallest absolute Gasteiger partial charge is 0.220 e. The van der Waals surface area contributed by atoms with E-state index in [1.807, 2.05) is 6.07 Å². The highest BCUT2D eigenvalue weighted by Gasteiger charge is 1.95. The van der Waals surface area contributed by atoms with E-state index < -0.39 is 5.95 Å². The molecule has 0 bridgehead atoms. The molecule has 2 nitrogen and oxygen atoms in total. The molecule has 0 aromatic carbocycles. The Morgan fingerprint density at radius 2 is 2.50 bits per heavy atom. The van der Waals surface area contributed by atoms with Gasteiger partial charge in [-0.05, 0) is 12.1 Å². The number of rotatable bonds is 2. The maximum atomic E-state index is 12.8. The first kappa shape index (κ1) is 8.41. The van der Waals surface area contributed by atoms with Gasteiger partial charge in [0, 0.05) is 11.8 Å². The van der Waals surface area contributed by atoms with E-state index in [-0.39, 0.29) is 6.42 Å². The molecule has 0 atom stereocenters. The molecule has 0 spiro atoms. The number of pyridine rings is 1. The molecule has 0 unspecified atom stereocenters. The number of nitriles is 1.